The molecule has 0 unspecified atom stereocenters. The molecule has 0 fully saturated rings. The summed E-state index contributed by atoms with van der Waals surface area (Å²) in [4.78, 5) is 13.8. The van der Waals surface area contributed by atoms with Crippen molar-refractivity contribution in [2.75, 3.05) is 0 Å². The van der Waals surface area contributed by atoms with Gasteiger partial charge in [0.1, 0.15) is 0 Å². The van der Waals surface area contributed by atoms with Crippen LogP contribution in [-0.2, 0) is 6.54 Å². The molecule has 3 N–H and O–H groups in total. The van der Waals surface area contributed by atoms with Crippen LogP contribution in [0.25, 0.3) is 4.98 Å². The van der Waals surface area contributed by atoms with Crippen molar-refractivity contribution in [3.63, 3.8) is 0 Å². The Morgan fingerprint density at radius 1 is 1.12 bits per heavy atom. The van der Waals surface area contributed by atoms with Gasteiger partial charge in [-0.15, -0.1) is 0 Å². The first-order valence-corrected chi connectivity index (χ1v) is 7.30. The van der Waals surface area contributed by atoms with E-state index in [0.717, 1.165) is 16.7 Å². The number of nitrogens with two attached hydrogens (primary N) is 1. The third-order valence-electron chi connectivity index (χ3n) is 2.91. The van der Waals surface area contributed by atoms with Gasteiger partial charge in [-0.1, -0.05) is 30.3 Å². The molecule has 0 saturated carbocycles. The van der Waals surface area contributed by atoms with Crippen molar-refractivity contribution >= 4 is 18.9 Å². The largest absolute Gasteiger partial charge is 0.673 e. The highest BCUT2D eigenvalue weighted by atomic mass is 19.5. The smallest absolute Gasteiger partial charge is 0.478 e. The van der Waals surface area contributed by atoms with Crippen LogP contribution in [-0.4, -0.2) is 18.3 Å². The number of diazo groups is 1. The molecule has 2 aromatic carbocycles. The standard InChI is InChI=1S/C10H13NO2.C6H5N2.BF4/c1-6-3-8(5-11)4-7(2)9(6)10(12)13;7-8-6-4-2-1-3-5-6;2-1(3,4)5/h3-4H,5,11H2,1-2H3,(H,12,13);1-5H;/q;+1;-1. The topological polar surface area (TPSA) is 91.5 Å². The molecule has 0 spiro atoms. The van der Waals surface area contributed by atoms with Crippen LogP contribution in [0.3, 0.4) is 0 Å². The molecule has 0 heterocycles. The summed E-state index contributed by atoms with van der Waals surface area (Å²) >= 11 is 0. The van der Waals surface area contributed by atoms with E-state index in [1.807, 2.05) is 30.3 Å². The summed E-state index contributed by atoms with van der Waals surface area (Å²) < 4.78 is 39.0. The lowest BCUT2D eigenvalue weighted by atomic mass is 9.99. The fraction of sp³-hybridized carbons (Fsp3) is 0.188. The average molecular weight is 371 g/mol. The van der Waals surface area contributed by atoms with E-state index in [1.54, 1.807) is 26.0 Å². The van der Waals surface area contributed by atoms with E-state index in [4.69, 9.17) is 16.2 Å². The van der Waals surface area contributed by atoms with E-state index < -0.39 is 13.2 Å². The number of aromatic carboxylic acids is 1. The quantitative estimate of drug-likeness (QED) is 0.445. The van der Waals surface area contributed by atoms with Gasteiger partial charge in [0.05, 0.1) is 5.56 Å². The fourth-order valence-electron chi connectivity index (χ4n) is 2.00. The Balaban J connectivity index is 0.000000409. The van der Waals surface area contributed by atoms with Gasteiger partial charge < -0.3 is 28.1 Å². The highest BCUT2D eigenvalue weighted by Gasteiger charge is 2.20. The Kier molecular flexibility index (Phi) is 9.62. The van der Waals surface area contributed by atoms with Crippen molar-refractivity contribution in [1.29, 1.82) is 5.39 Å². The molecule has 0 amide bonds. The number of nitrogens with zero attached hydrogens (tertiary/aromatic N) is 2. The first kappa shape index (κ1) is 23.1. The van der Waals surface area contributed by atoms with Gasteiger partial charge in [-0.2, -0.15) is 0 Å². The van der Waals surface area contributed by atoms with Crippen LogP contribution in [0.5, 0.6) is 0 Å². The Labute approximate surface area is 148 Å². The van der Waals surface area contributed by atoms with Crippen molar-refractivity contribution in [1.82, 2.24) is 0 Å². The molecule has 0 atom stereocenters. The van der Waals surface area contributed by atoms with Gasteiger partial charge in [0, 0.05) is 18.7 Å². The summed E-state index contributed by atoms with van der Waals surface area (Å²) in [7, 11) is -6.00. The molecule has 0 aliphatic rings. The van der Waals surface area contributed by atoms with Gasteiger partial charge >= 0.3 is 18.9 Å². The highest BCUT2D eigenvalue weighted by molar-refractivity contribution is 6.50. The number of halogens is 4. The minimum absolute atomic E-state index is 0.386. The Morgan fingerprint density at radius 3 is 1.81 bits per heavy atom. The Bertz CT molecular complexity index is 733. The van der Waals surface area contributed by atoms with Crippen LogP contribution >= 0.6 is 0 Å². The second-order valence-electron chi connectivity index (χ2n) is 5.04. The number of carboxylic acids is 1. The van der Waals surface area contributed by atoms with Crippen LogP contribution in [0, 0.1) is 19.2 Å². The number of hydrogen-bond donors (Lipinski definition) is 2. The second kappa shape index (κ2) is 10.8. The van der Waals surface area contributed by atoms with Gasteiger partial charge in [0.15, 0.2) is 4.98 Å². The molecule has 2 aromatic rings. The number of aryl methyl sites for hydroxylation is 2. The molecule has 2 rings (SSSR count). The van der Waals surface area contributed by atoms with Crippen molar-refractivity contribution in [2.24, 2.45) is 5.73 Å². The van der Waals surface area contributed by atoms with E-state index in [2.05, 4.69) is 4.98 Å². The molecule has 5 nitrogen and oxygen atoms in total. The maximum Gasteiger partial charge on any atom is 0.673 e. The lowest BCUT2D eigenvalue weighted by Crippen LogP contribution is -2.06. The summed E-state index contributed by atoms with van der Waals surface area (Å²) in [5, 5.41) is 17.0. The number of carboxylic acid groups (broad SMARTS) is 1. The molecule has 0 aromatic heterocycles. The minimum Gasteiger partial charge on any atom is -0.478 e. The zero-order chi connectivity index (χ0) is 20.3. The zero-order valence-electron chi connectivity index (χ0n) is 14.2. The number of hydrogen-bond acceptors (Lipinski definition) is 3. The van der Waals surface area contributed by atoms with Crippen molar-refractivity contribution < 1.29 is 27.2 Å². The monoisotopic (exact) mass is 371 g/mol. The molecule has 10 heteroatoms. The van der Waals surface area contributed by atoms with Crippen molar-refractivity contribution in [3.05, 3.63) is 69.7 Å². The fourth-order valence-corrected chi connectivity index (χ4v) is 2.00. The van der Waals surface area contributed by atoms with Gasteiger partial charge in [-0.3, -0.25) is 0 Å². The zero-order valence-corrected chi connectivity index (χ0v) is 14.2. The number of rotatable bonds is 2. The minimum atomic E-state index is -6.00. The molecule has 140 valence electrons. The van der Waals surface area contributed by atoms with E-state index >= 15 is 0 Å². The normalized spacial score (nSPS) is 9.77. The average Bonchev–Trinajstić information content (AvgIpc) is 2.53. The number of benzene rings is 2. The maximum absolute atomic E-state index is 10.8. The molecule has 0 aliphatic heterocycles. The molecular formula is C16H18BF4N3O2. The van der Waals surface area contributed by atoms with Gasteiger partial charge in [-0.25, -0.2) is 4.79 Å². The van der Waals surface area contributed by atoms with E-state index in [0.29, 0.717) is 17.8 Å². The van der Waals surface area contributed by atoms with Crippen molar-refractivity contribution in [2.45, 2.75) is 20.4 Å². The summed E-state index contributed by atoms with van der Waals surface area (Å²) in [5.41, 5.74) is 8.96. The van der Waals surface area contributed by atoms with Crippen LogP contribution in [0.1, 0.15) is 27.0 Å². The molecular weight excluding hydrogens is 353 g/mol. The lowest BCUT2D eigenvalue weighted by molar-refractivity contribution is 0.0695. The summed E-state index contributed by atoms with van der Waals surface area (Å²) in [6.07, 6.45) is 0. The van der Waals surface area contributed by atoms with Crippen LogP contribution in [0.2, 0.25) is 0 Å². The van der Waals surface area contributed by atoms with E-state index in [9.17, 15) is 22.1 Å². The highest BCUT2D eigenvalue weighted by Crippen LogP contribution is 2.16. The van der Waals surface area contributed by atoms with Gasteiger partial charge in [0.25, 0.3) is 0 Å². The third kappa shape index (κ3) is 10.0. The first-order chi connectivity index (χ1) is 12.0. The third-order valence-corrected chi connectivity index (χ3v) is 2.91. The summed E-state index contributed by atoms with van der Waals surface area (Å²) in [6.45, 7) is 4.02. The first-order valence-electron chi connectivity index (χ1n) is 7.30. The molecule has 26 heavy (non-hydrogen) atoms. The number of carbonyl (C=O) groups is 1. The van der Waals surface area contributed by atoms with Gasteiger partial charge in [0.2, 0.25) is 5.39 Å². The second-order valence-corrected chi connectivity index (χ2v) is 5.04. The van der Waals surface area contributed by atoms with Crippen LogP contribution in [0.4, 0.5) is 23.0 Å². The predicted octanol–water partition coefficient (Wildman–Crippen LogP) is 4.93. The van der Waals surface area contributed by atoms with Gasteiger partial charge in [-0.05, 0) is 30.5 Å². The lowest BCUT2D eigenvalue weighted by Gasteiger charge is -2.07. The molecule has 0 bridgehead atoms. The molecule has 0 aliphatic carbocycles. The van der Waals surface area contributed by atoms with Crippen molar-refractivity contribution in [3.8, 4) is 0 Å². The van der Waals surface area contributed by atoms with Crippen LogP contribution in [0.15, 0.2) is 42.5 Å². The Morgan fingerprint density at radius 2 is 1.54 bits per heavy atom. The predicted molar refractivity (Wildman–Crippen MR) is 92.1 cm³/mol. The van der Waals surface area contributed by atoms with Crippen LogP contribution < -0.4 is 5.73 Å². The Hall–Kier alpha value is -2.93. The molecule has 0 radical (unpaired) electrons. The summed E-state index contributed by atoms with van der Waals surface area (Å²) in [6, 6.07) is 12.6. The molecule has 0 saturated heterocycles. The SMILES string of the molecule is Cc1cc(CN)cc(C)c1C(=O)O.F[B-](F)(F)F.N#[N+]c1ccccc1. The van der Waals surface area contributed by atoms with E-state index in [-0.39, 0.29) is 0 Å². The maximum atomic E-state index is 10.8. The summed E-state index contributed by atoms with van der Waals surface area (Å²) in [5.74, 6) is -0.876. The van der Waals surface area contributed by atoms with E-state index in [1.165, 1.54) is 0 Å².